The fourth-order valence-electron chi connectivity index (χ4n) is 7.50. The fraction of sp³-hybridized carbons (Fsp3) is 0.378. The van der Waals surface area contributed by atoms with Crippen LogP contribution >= 0.6 is 0 Å². The molecule has 7 rings (SSSR count). The van der Waals surface area contributed by atoms with E-state index in [0.29, 0.717) is 12.0 Å². The van der Waals surface area contributed by atoms with Crippen LogP contribution in [-0.4, -0.2) is 40.7 Å². The molecule has 1 amide bonds. The Hall–Kier alpha value is -4.39. The van der Waals surface area contributed by atoms with Crippen LogP contribution in [0.2, 0.25) is 0 Å². The highest BCUT2D eigenvalue weighted by atomic mass is 16.5. The van der Waals surface area contributed by atoms with Crippen molar-refractivity contribution in [2.75, 3.05) is 23.5 Å². The summed E-state index contributed by atoms with van der Waals surface area (Å²) in [6.07, 6.45) is 11.5. The van der Waals surface area contributed by atoms with Crippen LogP contribution in [0.15, 0.2) is 78.4 Å². The lowest BCUT2D eigenvalue weighted by Gasteiger charge is -2.45. The van der Waals surface area contributed by atoms with Crippen molar-refractivity contribution in [3.63, 3.8) is 0 Å². The van der Waals surface area contributed by atoms with Gasteiger partial charge in [-0.3, -0.25) is 9.69 Å². The monoisotopic (exact) mass is 588 g/mol. The Balaban J connectivity index is 1.30. The van der Waals surface area contributed by atoms with Crippen LogP contribution in [0.5, 0.6) is 0 Å². The van der Waals surface area contributed by atoms with Gasteiger partial charge < -0.3 is 14.2 Å². The zero-order valence-electron chi connectivity index (χ0n) is 25.7. The molecule has 3 aliphatic rings. The number of aryl methyl sites for hydroxylation is 1. The number of piperidine rings is 1. The predicted octanol–water partition coefficient (Wildman–Crippen LogP) is 7.68. The Kier molecular flexibility index (Phi) is 7.48. The minimum Gasteiger partial charge on any atom is -0.465 e. The summed E-state index contributed by atoms with van der Waals surface area (Å²) >= 11 is 0. The van der Waals surface area contributed by atoms with E-state index >= 15 is 0 Å². The summed E-state index contributed by atoms with van der Waals surface area (Å²) in [4.78, 5) is 35.5. The number of carbonyl (C=O) groups excluding carboxylic acids is 2. The van der Waals surface area contributed by atoms with Gasteiger partial charge in [0.15, 0.2) is 0 Å². The molecule has 0 radical (unpaired) electrons. The molecular weight excluding hydrogens is 548 g/mol. The third-order valence-electron chi connectivity index (χ3n) is 9.80. The van der Waals surface area contributed by atoms with Crippen molar-refractivity contribution in [1.82, 2.24) is 9.55 Å². The Bertz CT molecular complexity index is 1760. The molecule has 1 fully saturated rings. The highest BCUT2D eigenvalue weighted by molar-refractivity contribution is 6.03. The minimum absolute atomic E-state index is 0.180. The minimum atomic E-state index is -0.395. The summed E-state index contributed by atoms with van der Waals surface area (Å²) in [5.41, 5.74) is 7.70. The van der Waals surface area contributed by atoms with Crippen LogP contribution in [0, 0.1) is 0 Å². The van der Waals surface area contributed by atoms with Gasteiger partial charge in [-0.15, -0.1) is 0 Å². The van der Waals surface area contributed by atoms with Gasteiger partial charge in [0.05, 0.1) is 35.1 Å². The van der Waals surface area contributed by atoms with Crippen molar-refractivity contribution in [3.05, 3.63) is 89.5 Å². The van der Waals surface area contributed by atoms with Gasteiger partial charge in [0.1, 0.15) is 11.5 Å². The van der Waals surface area contributed by atoms with Gasteiger partial charge in [0.25, 0.3) is 0 Å². The van der Waals surface area contributed by atoms with Crippen molar-refractivity contribution >= 4 is 34.3 Å². The van der Waals surface area contributed by atoms with Crippen molar-refractivity contribution in [3.8, 4) is 11.4 Å². The lowest BCUT2D eigenvalue weighted by atomic mass is 9.95. The van der Waals surface area contributed by atoms with Crippen LogP contribution in [0.1, 0.15) is 74.2 Å². The first-order valence-corrected chi connectivity index (χ1v) is 16.0. The van der Waals surface area contributed by atoms with Gasteiger partial charge in [-0.05, 0) is 100 Å². The van der Waals surface area contributed by atoms with Crippen LogP contribution in [0.25, 0.3) is 22.4 Å². The van der Waals surface area contributed by atoms with E-state index < -0.39 is 5.66 Å². The van der Waals surface area contributed by atoms with E-state index in [9.17, 15) is 9.59 Å². The second kappa shape index (κ2) is 11.6. The number of benzene rings is 3. The number of aromatic nitrogens is 2. The molecule has 7 heteroatoms. The van der Waals surface area contributed by atoms with Crippen molar-refractivity contribution < 1.29 is 14.3 Å². The second-order valence-corrected chi connectivity index (χ2v) is 12.5. The average molecular weight is 589 g/mol. The van der Waals surface area contributed by atoms with Crippen LogP contribution in [-0.2, 0) is 22.5 Å². The number of rotatable bonds is 8. The van der Waals surface area contributed by atoms with Crippen molar-refractivity contribution in [2.45, 2.75) is 76.9 Å². The van der Waals surface area contributed by atoms with E-state index in [2.05, 4.69) is 75.9 Å². The number of imidazole rings is 1. The van der Waals surface area contributed by atoms with Gasteiger partial charge in [0.2, 0.25) is 5.91 Å². The summed E-state index contributed by atoms with van der Waals surface area (Å²) in [5, 5.41) is 0. The highest BCUT2D eigenvalue weighted by Gasteiger charge is 2.50. The van der Waals surface area contributed by atoms with E-state index in [1.807, 2.05) is 18.2 Å². The first-order valence-electron chi connectivity index (χ1n) is 16.0. The summed E-state index contributed by atoms with van der Waals surface area (Å²) in [6, 6.07) is 22.7. The third-order valence-corrected chi connectivity index (χ3v) is 9.80. The van der Waals surface area contributed by atoms with E-state index in [0.717, 1.165) is 85.4 Å². The molecule has 226 valence electrons. The molecule has 1 aliphatic carbocycles. The van der Waals surface area contributed by atoms with Crippen LogP contribution in [0.3, 0.4) is 0 Å². The molecule has 0 N–H and O–H groups in total. The summed E-state index contributed by atoms with van der Waals surface area (Å²) in [5.74, 6) is 0.668. The van der Waals surface area contributed by atoms with Gasteiger partial charge in [0, 0.05) is 25.1 Å². The van der Waals surface area contributed by atoms with E-state index in [1.54, 1.807) is 0 Å². The highest BCUT2D eigenvalue weighted by Crippen LogP contribution is 2.50. The van der Waals surface area contributed by atoms with Gasteiger partial charge >= 0.3 is 5.97 Å². The molecule has 3 heterocycles. The Morgan fingerprint density at radius 2 is 1.80 bits per heavy atom. The molecule has 0 saturated carbocycles. The molecule has 3 aromatic carbocycles. The van der Waals surface area contributed by atoms with E-state index in [-0.39, 0.29) is 11.9 Å². The molecule has 1 unspecified atom stereocenters. The fourth-order valence-corrected chi connectivity index (χ4v) is 7.50. The number of amides is 1. The SMILES string of the molecule is COC(=O)c1ccc2c(c1)nc(-c1ccc3c(c1)N1C(=O)CCCC1(C)N3CCc1ccccc1)n2CCC1=CCCCC1. The summed E-state index contributed by atoms with van der Waals surface area (Å²) in [7, 11) is 1.40. The molecule has 0 spiro atoms. The molecular formula is C37H40N4O3. The molecule has 1 saturated heterocycles. The lowest BCUT2D eigenvalue weighted by molar-refractivity contribution is -0.121. The zero-order chi connectivity index (χ0) is 30.3. The molecule has 1 aromatic heterocycles. The number of esters is 1. The first-order chi connectivity index (χ1) is 21.5. The van der Waals surface area contributed by atoms with E-state index in [4.69, 9.17) is 9.72 Å². The van der Waals surface area contributed by atoms with Gasteiger partial charge in [-0.1, -0.05) is 42.0 Å². The number of allylic oxidation sites excluding steroid dienone is 2. The maximum absolute atomic E-state index is 13.6. The summed E-state index contributed by atoms with van der Waals surface area (Å²) < 4.78 is 7.27. The Morgan fingerprint density at radius 3 is 2.59 bits per heavy atom. The average Bonchev–Trinajstić information content (AvgIpc) is 3.54. The molecule has 1 atom stereocenters. The van der Waals surface area contributed by atoms with Crippen LogP contribution < -0.4 is 9.80 Å². The largest absolute Gasteiger partial charge is 0.465 e. The number of carbonyl (C=O) groups is 2. The number of anilines is 2. The molecule has 0 bridgehead atoms. The van der Waals surface area contributed by atoms with Crippen molar-refractivity contribution in [2.24, 2.45) is 0 Å². The molecule has 44 heavy (non-hydrogen) atoms. The van der Waals surface area contributed by atoms with Gasteiger partial charge in [-0.2, -0.15) is 0 Å². The smallest absolute Gasteiger partial charge is 0.337 e. The standard InChI is InChI=1S/C37H40N4O3/c1-37-21-9-14-34(42)41(37)33-25-28(15-18-32(33)40(37)23-20-27-12-7-4-8-13-27)35-38-30-24-29(36(43)44-2)16-17-31(30)39(35)22-19-26-10-5-3-6-11-26/h4,7-8,10,12-13,15-18,24-25H,3,5-6,9,11,14,19-23H2,1-2H3. The number of ether oxygens (including phenoxy) is 1. The Morgan fingerprint density at radius 1 is 0.932 bits per heavy atom. The lowest BCUT2D eigenvalue weighted by Crippen LogP contribution is -2.59. The number of methoxy groups -OCH3 is 1. The first kappa shape index (κ1) is 28.4. The van der Waals surface area contributed by atoms with E-state index in [1.165, 1.54) is 31.1 Å². The maximum Gasteiger partial charge on any atom is 0.337 e. The van der Waals surface area contributed by atoms with Crippen molar-refractivity contribution in [1.29, 1.82) is 0 Å². The molecule has 4 aromatic rings. The zero-order valence-corrected chi connectivity index (χ0v) is 25.7. The number of nitrogens with zero attached hydrogens (tertiary/aromatic N) is 4. The predicted molar refractivity (Wildman–Crippen MR) is 175 cm³/mol. The number of hydrogen-bond acceptors (Lipinski definition) is 5. The second-order valence-electron chi connectivity index (χ2n) is 12.5. The summed E-state index contributed by atoms with van der Waals surface area (Å²) in [6.45, 7) is 3.85. The molecule has 7 nitrogen and oxygen atoms in total. The topological polar surface area (TPSA) is 67.7 Å². The number of fused-ring (bicyclic) bond motifs is 4. The van der Waals surface area contributed by atoms with Crippen LogP contribution in [0.4, 0.5) is 11.4 Å². The Labute approximate surface area is 259 Å². The van der Waals surface area contributed by atoms with Gasteiger partial charge in [-0.25, -0.2) is 9.78 Å². The normalized spacial score (nSPS) is 19.6. The quantitative estimate of drug-likeness (QED) is 0.156. The number of hydrogen-bond donors (Lipinski definition) is 0. The molecule has 2 aliphatic heterocycles. The maximum atomic E-state index is 13.6. The third kappa shape index (κ3) is 4.98.